The summed E-state index contributed by atoms with van der Waals surface area (Å²) in [7, 11) is 1.38. The molecule has 0 spiro atoms. The quantitative estimate of drug-likeness (QED) is 0.754. The zero-order valence-electron chi connectivity index (χ0n) is 13.3. The predicted molar refractivity (Wildman–Crippen MR) is 84.5 cm³/mol. The smallest absolute Gasteiger partial charge is 0.328 e. The van der Waals surface area contributed by atoms with E-state index in [1.165, 1.54) is 19.2 Å². The molecule has 0 aliphatic heterocycles. The van der Waals surface area contributed by atoms with Crippen LogP contribution >= 0.6 is 0 Å². The number of benzene rings is 2. The number of esters is 1. The van der Waals surface area contributed by atoms with Crippen LogP contribution in [-0.4, -0.2) is 19.7 Å². The maximum atomic E-state index is 13.8. The van der Waals surface area contributed by atoms with Gasteiger partial charge in [0, 0.05) is 5.56 Å². The fourth-order valence-corrected chi connectivity index (χ4v) is 2.18. The van der Waals surface area contributed by atoms with Gasteiger partial charge in [-0.1, -0.05) is 24.3 Å². The number of para-hydroxylation sites is 2. The van der Waals surface area contributed by atoms with Gasteiger partial charge >= 0.3 is 5.97 Å². The van der Waals surface area contributed by atoms with Crippen LogP contribution < -0.4 is 9.47 Å². The Bertz CT molecular complexity index is 770. The van der Waals surface area contributed by atoms with E-state index in [1.54, 1.807) is 37.3 Å². The van der Waals surface area contributed by atoms with Crippen LogP contribution in [0.25, 0.3) is 0 Å². The van der Waals surface area contributed by atoms with Gasteiger partial charge in [-0.25, -0.2) is 4.39 Å². The van der Waals surface area contributed by atoms with Gasteiger partial charge in [-0.05, 0) is 25.1 Å². The van der Waals surface area contributed by atoms with E-state index < -0.39 is 17.7 Å². The number of carbonyl (C=O) groups excluding carboxylic acids is 1. The van der Waals surface area contributed by atoms with Gasteiger partial charge in [0.1, 0.15) is 0 Å². The molecule has 2 aromatic carbocycles. The second kappa shape index (κ2) is 7.97. The fourth-order valence-electron chi connectivity index (χ4n) is 2.18. The zero-order chi connectivity index (χ0) is 17.5. The molecule has 2 aromatic rings. The molecule has 0 N–H and O–H groups in total. The average molecular weight is 329 g/mol. The van der Waals surface area contributed by atoms with E-state index in [2.05, 4.69) is 0 Å². The second-order valence-electron chi connectivity index (χ2n) is 4.73. The molecule has 0 amide bonds. The van der Waals surface area contributed by atoms with Gasteiger partial charge in [0.25, 0.3) is 0 Å². The highest BCUT2D eigenvalue weighted by molar-refractivity contribution is 5.82. The molecule has 0 heterocycles. The van der Waals surface area contributed by atoms with Crippen LogP contribution in [0.5, 0.6) is 17.2 Å². The number of carbonyl (C=O) groups is 1. The Morgan fingerprint density at radius 3 is 2.54 bits per heavy atom. The lowest BCUT2D eigenvalue weighted by Gasteiger charge is -2.16. The number of halogens is 1. The molecule has 0 fully saturated rings. The van der Waals surface area contributed by atoms with E-state index in [-0.39, 0.29) is 23.9 Å². The Morgan fingerprint density at radius 1 is 1.21 bits per heavy atom. The van der Waals surface area contributed by atoms with Crippen LogP contribution in [0.3, 0.4) is 0 Å². The maximum absolute atomic E-state index is 13.8. The van der Waals surface area contributed by atoms with Crippen molar-refractivity contribution in [2.45, 2.75) is 12.8 Å². The standard InChI is InChI=1S/C18H16FNO4/c1-3-23-18(21)13(11-20)12-7-6-10-16(17(12)22-2)24-15-9-5-4-8-14(15)19/h4-10,13H,3H2,1-2H3. The Balaban J connectivity index is 2.43. The average Bonchev–Trinajstić information content (AvgIpc) is 2.58. The molecule has 2 rings (SSSR count). The third-order valence-electron chi connectivity index (χ3n) is 3.23. The van der Waals surface area contributed by atoms with E-state index in [0.717, 1.165) is 0 Å². The van der Waals surface area contributed by atoms with E-state index >= 15 is 0 Å². The van der Waals surface area contributed by atoms with Gasteiger partial charge in [0.15, 0.2) is 29.0 Å². The van der Waals surface area contributed by atoms with Crippen molar-refractivity contribution in [3.63, 3.8) is 0 Å². The van der Waals surface area contributed by atoms with Gasteiger partial charge in [-0.15, -0.1) is 0 Å². The SMILES string of the molecule is CCOC(=O)C(C#N)c1cccc(Oc2ccccc2F)c1OC. The van der Waals surface area contributed by atoms with Gasteiger partial charge < -0.3 is 14.2 Å². The number of nitrogens with zero attached hydrogens (tertiary/aromatic N) is 1. The summed E-state index contributed by atoms with van der Waals surface area (Å²) in [6.45, 7) is 1.81. The van der Waals surface area contributed by atoms with Gasteiger partial charge in [-0.2, -0.15) is 5.26 Å². The molecule has 1 unspecified atom stereocenters. The minimum absolute atomic E-state index is 0.0117. The topological polar surface area (TPSA) is 68.6 Å². The Morgan fingerprint density at radius 2 is 1.92 bits per heavy atom. The summed E-state index contributed by atoms with van der Waals surface area (Å²) in [5, 5.41) is 9.31. The van der Waals surface area contributed by atoms with E-state index in [4.69, 9.17) is 14.2 Å². The molecule has 0 aliphatic carbocycles. The first-order valence-electron chi connectivity index (χ1n) is 7.27. The van der Waals surface area contributed by atoms with Gasteiger partial charge in [-0.3, -0.25) is 4.79 Å². The zero-order valence-corrected chi connectivity index (χ0v) is 13.3. The lowest BCUT2D eigenvalue weighted by molar-refractivity contribution is -0.143. The predicted octanol–water partition coefficient (Wildman–Crippen LogP) is 3.80. The highest BCUT2D eigenvalue weighted by Crippen LogP contribution is 2.38. The van der Waals surface area contributed by atoms with E-state index in [1.807, 2.05) is 6.07 Å². The highest BCUT2D eigenvalue weighted by Gasteiger charge is 2.27. The minimum atomic E-state index is -1.16. The number of rotatable bonds is 6. The van der Waals surface area contributed by atoms with Crippen LogP contribution in [0.15, 0.2) is 42.5 Å². The molecule has 0 saturated carbocycles. The molecule has 124 valence electrons. The van der Waals surface area contributed by atoms with Crippen molar-refractivity contribution in [1.82, 2.24) is 0 Å². The molecular weight excluding hydrogens is 313 g/mol. The largest absolute Gasteiger partial charge is 0.492 e. The first kappa shape index (κ1) is 17.3. The lowest BCUT2D eigenvalue weighted by atomic mass is 9.99. The number of methoxy groups -OCH3 is 1. The summed E-state index contributed by atoms with van der Waals surface area (Å²) < 4.78 is 29.5. The van der Waals surface area contributed by atoms with Crippen molar-refractivity contribution in [2.75, 3.05) is 13.7 Å². The molecule has 1 atom stereocenters. The minimum Gasteiger partial charge on any atom is -0.492 e. The molecule has 0 aromatic heterocycles. The summed E-state index contributed by atoms with van der Waals surface area (Å²) in [5.41, 5.74) is 0.298. The highest BCUT2D eigenvalue weighted by atomic mass is 19.1. The van der Waals surface area contributed by atoms with Gasteiger partial charge in [0.2, 0.25) is 0 Å². The molecule has 0 radical (unpaired) electrons. The second-order valence-corrected chi connectivity index (χ2v) is 4.73. The van der Waals surface area contributed by atoms with Crippen LogP contribution in [0.4, 0.5) is 4.39 Å². The fraction of sp³-hybridized carbons (Fsp3) is 0.222. The molecule has 0 saturated heterocycles. The van der Waals surface area contributed by atoms with Crippen molar-refractivity contribution in [3.8, 4) is 23.3 Å². The Hall–Kier alpha value is -3.07. The first-order valence-corrected chi connectivity index (χ1v) is 7.27. The summed E-state index contributed by atoms with van der Waals surface area (Å²) >= 11 is 0. The van der Waals surface area contributed by atoms with Crippen molar-refractivity contribution < 1.29 is 23.4 Å². The molecule has 24 heavy (non-hydrogen) atoms. The Labute approximate surface area is 139 Å². The maximum Gasteiger partial charge on any atom is 0.328 e. The lowest BCUT2D eigenvalue weighted by Crippen LogP contribution is -2.15. The number of nitriles is 1. The van der Waals surface area contributed by atoms with Crippen molar-refractivity contribution in [3.05, 3.63) is 53.8 Å². The molecule has 5 nitrogen and oxygen atoms in total. The van der Waals surface area contributed by atoms with Crippen LogP contribution in [-0.2, 0) is 9.53 Å². The first-order chi connectivity index (χ1) is 11.6. The number of hydrogen-bond donors (Lipinski definition) is 0. The Kier molecular flexibility index (Phi) is 5.74. The molecule has 6 heteroatoms. The van der Waals surface area contributed by atoms with Gasteiger partial charge in [0.05, 0.1) is 19.8 Å². The summed E-state index contributed by atoms with van der Waals surface area (Å²) in [4.78, 5) is 12.0. The monoisotopic (exact) mass is 329 g/mol. The normalized spacial score (nSPS) is 11.2. The van der Waals surface area contributed by atoms with Crippen LogP contribution in [0, 0.1) is 17.1 Å². The van der Waals surface area contributed by atoms with E-state index in [9.17, 15) is 14.4 Å². The van der Waals surface area contributed by atoms with Crippen molar-refractivity contribution >= 4 is 5.97 Å². The summed E-state index contributed by atoms with van der Waals surface area (Å²) in [6, 6.07) is 12.5. The molecule has 0 aliphatic rings. The summed E-state index contributed by atoms with van der Waals surface area (Å²) in [6.07, 6.45) is 0. The number of hydrogen-bond acceptors (Lipinski definition) is 5. The molecular formula is C18H16FNO4. The number of ether oxygens (including phenoxy) is 3. The summed E-state index contributed by atoms with van der Waals surface area (Å²) in [5.74, 6) is -1.99. The third-order valence-corrected chi connectivity index (χ3v) is 3.23. The third kappa shape index (κ3) is 3.63. The van der Waals surface area contributed by atoms with E-state index in [0.29, 0.717) is 5.56 Å². The molecule has 0 bridgehead atoms. The van der Waals surface area contributed by atoms with Crippen molar-refractivity contribution in [1.29, 1.82) is 5.26 Å². The van der Waals surface area contributed by atoms with Crippen LogP contribution in [0.2, 0.25) is 0 Å². The van der Waals surface area contributed by atoms with Crippen molar-refractivity contribution in [2.24, 2.45) is 0 Å². The van der Waals surface area contributed by atoms with Crippen LogP contribution in [0.1, 0.15) is 18.4 Å².